The van der Waals surface area contributed by atoms with Gasteiger partial charge in [-0.2, -0.15) is 0 Å². The minimum absolute atomic E-state index is 0.155. The molecule has 0 aliphatic carbocycles. The molecule has 0 aromatic heterocycles. The number of halogens is 1. The first-order valence-electron chi connectivity index (χ1n) is 5.13. The molecule has 0 radical (unpaired) electrons. The van der Waals surface area contributed by atoms with E-state index in [0.717, 1.165) is 6.29 Å². The molecule has 0 aliphatic rings. The van der Waals surface area contributed by atoms with Gasteiger partial charge >= 0.3 is 0 Å². The van der Waals surface area contributed by atoms with Crippen LogP contribution < -0.4 is 0 Å². The maximum absolute atomic E-state index is 10.9. The average molecular weight is 340 g/mol. The third-order valence-electron chi connectivity index (χ3n) is 2.86. The fourth-order valence-corrected chi connectivity index (χ4v) is 2.43. The second kappa shape index (κ2) is 6.15. The second-order valence-corrected chi connectivity index (χ2v) is 10.6. The zero-order valence-electron chi connectivity index (χ0n) is 10.2. The summed E-state index contributed by atoms with van der Waals surface area (Å²) in [6.07, 6.45) is 3.28. The maximum atomic E-state index is 10.9. The minimum atomic E-state index is -1.81. The summed E-state index contributed by atoms with van der Waals surface area (Å²) in [5.41, 5.74) is 0. The maximum Gasteiger partial charge on any atom is 0.193 e. The topological polar surface area (TPSA) is 26.3 Å². The van der Waals surface area contributed by atoms with Crippen molar-refractivity contribution in [3.05, 3.63) is 10.2 Å². The van der Waals surface area contributed by atoms with Crippen LogP contribution in [0.3, 0.4) is 0 Å². The summed E-state index contributed by atoms with van der Waals surface area (Å²) in [4.78, 5) is 10.9. The van der Waals surface area contributed by atoms with Crippen LogP contribution in [-0.2, 0) is 9.22 Å². The summed E-state index contributed by atoms with van der Waals surface area (Å²) < 4.78 is 7.89. The molecule has 0 aliphatic heterocycles. The number of carbonyl (C=O) groups excluding carboxylic acids is 1. The van der Waals surface area contributed by atoms with Crippen LogP contribution in [-0.4, -0.2) is 20.7 Å². The Morgan fingerprint density at radius 1 is 1.40 bits per heavy atom. The van der Waals surface area contributed by atoms with Crippen LogP contribution in [0.2, 0.25) is 18.1 Å². The first-order valence-corrected chi connectivity index (χ1v) is 9.28. The van der Waals surface area contributed by atoms with Gasteiger partial charge in [0.05, 0.1) is 0 Å². The molecule has 0 spiro atoms. The molecule has 0 saturated heterocycles. The van der Waals surface area contributed by atoms with Gasteiger partial charge in [-0.05, 0) is 28.6 Å². The molecule has 0 aromatic rings. The Balaban J connectivity index is 4.47. The van der Waals surface area contributed by atoms with Crippen molar-refractivity contribution in [3.63, 3.8) is 0 Å². The third-order valence-corrected chi connectivity index (χ3v) is 7.87. The Kier molecular flexibility index (Phi) is 6.28. The zero-order chi connectivity index (χ0) is 12.1. The Labute approximate surface area is 108 Å². The number of hydrogen-bond donors (Lipinski definition) is 0. The molecule has 0 amide bonds. The average Bonchev–Trinajstić information content (AvgIpc) is 2.10. The molecular formula is C11H21IO2Si. The van der Waals surface area contributed by atoms with Crippen LogP contribution in [0.1, 0.15) is 27.2 Å². The summed E-state index contributed by atoms with van der Waals surface area (Å²) >= 11 is 2.15. The van der Waals surface area contributed by atoms with E-state index in [2.05, 4.69) is 56.5 Å². The van der Waals surface area contributed by atoms with E-state index in [9.17, 15) is 4.79 Å². The van der Waals surface area contributed by atoms with Crippen LogP contribution in [0.5, 0.6) is 0 Å². The molecule has 15 heavy (non-hydrogen) atoms. The summed E-state index contributed by atoms with van der Waals surface area (Å²) in [6, 6.07) is 0. The summed E-state index contributed by atoms with van der Waals surface area (Å²) in [5.74, 6) is 0. The van der Waals surface area contributed by atoms with Crippen molar-refractivity contribution in [1.82, 2.24) is 0 Å². The fraction of sp³-hybridized carbons (Fsp3) is 0.727. The fourth-order valence-electron chi connectivity index (χ4n) is 0.872. The van der Waals surface area contributed by atoms with E-state index in [-0.39, 0.29) is 11.1 Å². The molecule has 0 bridgehead atoms. The quantitative estimate of drug-likeness (QED) is 0.431. The molecule has 2 nitrogen and oxygen atoms in total. The normalized spacial score (nSPS) is 15.6. The Morgan fingerprint density at radius 2 is 1.93 bits per heavy atom. The third kappa shape index (κ3) is 5.26. The van der Waals surface area contributed by atoms with E-state index in [1.165, 1.54) is 0 Å². The van der Waals surface area contributed by atoms with Crippen LogP contribution in [0.15, 0.2) is 10.2 Å². The first kappa shape index (κ1) is 15.3. The van der Waals surface area contributed by atoms with Gasteiger partial charge in [0, 0.05) is 0 Å². The number of aldehydes is 1. The van der Waals surface area contributed by atoms with Crippen LogP contribution in [0.4, 0.5) is 0 Å². The van der Waals surface area contributed by atoms with Gasteiger partial charge in [-0.3, -0.25) is 0 Å². The first-order chi connectivity index (χ1) is 6.74. The molecule has 88 valence electrons. The highest BCUT2D eigenvalue weighted by atomic mass is 127. The molecule has 0 unspecified atom stereocenters. The van der Waals surface area contributed by atoms with E-state index in [0.29, 0.717) is 6.42 Å². The van der Waals surface area contributed by atoms with Crippen molar-refractivity contribution in [2.45, 2.75) is 51.4 Å². The van der Waals surface area contributed by atoms with Gasteiger partial charge in [0.1, 0.15) is 12.4 Å². The van der Waals surface area contributed by atoms with E-state index >= 15 is 0 Å². The zero-order valence-corrected chi connectivity index (χ0v) is 13.4. The highest BCUT2D eigenvalue weighted by Gasteiger charge is 2.38. The Morgan fingerprint density at radius 3 is 2.27 bits per heavy atom. The van der Waals surface area contributed by atoms with E-state index in [1.807, 2.05) is 10.2 Å². The minimum Gasteiger partial charge on any atom is -0.407 e. The van der Waals surface area contributed by atoms with Gasteiger partial charge in [-0.25, -0.2) is 0 Å². The molecular weight excluding hydrogens is 319 g/mol. The lowest BCUT2D eigenvalue weighted by molar-refractivity contribution is -0.114. The van der Waals surface area contributed by atoms with Gasteiger partial charge in [0.2, 0.25) is 0 Å². The summed E-state index contributed by atoms with van der Waals surface area (Å²) in [7, 11) is -1.81. The molecule has 0 aromatic carbocycles. The van der Waals surface area contributed by atoms with Gasteiger partial charge in [0.25, 0.3) is 0 Å². The SMILES string of the molecule is CC(C)(C)[Si](C)(C)O[C@@H](C=O)C/C=C/I. The second-order valence-electron chi connectivity index (χ2n) is 5.15. The van der Waals surface area contributed by atoms with Gasteiger partial charge in [-0.15, -0.1) is 0 Å². The highest BCUT2D eigenvalue weighted by Crippen LogP contribution is 2.37. The highest BCUT2D eigenvalue weighted by molar-refractivity contribution is 14.1. The molecule has 0 heterocycles. The molecule has 4 heteroatoms. The van der Waals surface area contributed by atoms with E-state index < -0.39 is 8.32 Å². The van der Waals surface area contributed by atoms with Gasteiger partial charge in [-0.1, -0.05) is 49.4 Å². The Hall–Kier alpha value is 0.317. The van der Waals surface area contributed by atoms with Crippen molar-refractivity contribution in [2.75, 3.05) is 0 Å². The van der Waals surface area contributed by atoms with Gasteiger partial charge < -0.3 is 9.22 Å². The number of carbonyl (C=O) groups is 1. The van der Waals surface area contributed by atoms with Crippen LogP contribution in [0.25, 0.3) is 0 Å². The predicted molar refractivity (Wildman–Crippen MR) is 75.9 cm³/mol. The van der Waals surface area contributed by atoms with Crippen molar-refractivity contribution < 1.29 is 9.22 Å². The largest absolute Gasteiger partial charge is 0.407 e. The number of rotatable bonds is 5. The van der Waals surface area contributed by atoms with Crippen molar-refractivity contribution >= 4 is 37.2 Å². The number of hydrogen-bond acceptors (Lipinski definition) is 2. The van der Waals surface area contributed by atoms with Gasteiger partial charge in [0.15, 0.2) is 8.32 Å². The Bertz CT molecular complexity index is 231. The molecule has 0 N–H and O–H groups in total. The summed E-state index contributed by atoms with van der Waals surface area (Å²) in [5, 5.41) is 0.155. The van der Waals surface area contributed by atoms with E-state index in [1.54, 1.807) is 0 Å². The van der Waals surface area contributed by atoms with Crippen LogP contribution in [0, 0.1) is 0 Å². The van der Waals surface area contributed by atoms with Crippen LogP contribution >= 0.6 is 22.6 Å². The van der Waals surface area contributed by atoms with Crippen molar-refractivity contribution in [1.29, 1.82) is 0 Å². The predicted octanol–water partition coefficient (Wildman–Crippen LogP) is 3.91. The lowest BCUT2D eigenvalue weighted by Crippen LogP contribution is -2.44. The van der Waals surface area contributed by atoms with Crippen molar-refractivity contribution in [3.8, 4) is 0 Å². The monoisotopic (exact) mass is 340 g/mol. The molecule has 0 fully saturated rings. The summed E-state index contributed by atoms with van der Waals surface area (Å²) in [6.45, 7) is 10.9. The lowest BCUT2D eigenvalue weighted by Gasteiger charge is -2.37. The smallest absolute Gasteiger partial charge is 0.193 e. The molecule has 0 rings (SSSR count). The van der Waals surface area contributed by atoms with E-state index in [4.69, 9.17) is 4.43 Å². The van der Waals surface area contributed by atoms with Crippen molar-refractivity contribution in [2.24, 2.45) is 0 Å². The standard InChI is InChI=1S/C11H21IO2Si/c1-11(2,3)15(4,5)14-10(9-13)7-6-8-12/h6,8-10H,7H2,1-5H3/b8-6+/t10-/m1/s1. The molecule has 1 atom stereocenters. The lowest BCUT2D eigenvalue weighted by atomic mass is 10.2. The molecule has 0 saturated carbocycles.